The smallest absolute Gasteiger partial charge is 0.143 e. The lowest BCUT2D eigenvalue weighted by molar-refractivity contribution is 0.607. The second-order valence-corrected chi connectivity index (χ2v) is 8.27. The summed E-state index contributed by atoms with van der Waals surface area (Å²) in [6, 6.07) is 24.3. The van der Waals surface area contributed by atoms with Crippen LogP contribution >= 0.6 is 0 Å². The van der Waals surface area contributed by atoms with Crippen LogP contribution in [0.25, 0.3) is 43.5 Å². The molecule has 0 fully saturated rings. The van der Waals surface area contributed by atoms with Crippen LogP contribution in [-0.4, -0.2) is 0 Å². The van der Waals surface area contributed by atoms with Gasteiger partial charge in [0.15, 0.2) is 0 Å². The number of unbranched alkanes of at least 4 members (excludes halogenated alkanes) is 5. The molecule has 5 rings (SSSR count). The summed E-state index contributed by atoms with van der Waals surface area (Å²) < 4.78 is 6.23. The zero-order chi connectivity index (χ0) is 19.6. The van der Waals surface area contributed by atoms with E-state index in [2.05, 4.69) is 67.6 Å². The van der Waals surface area contributed by atoms with Crippen molar-refractivity contribution in [2.24, 2.45) is 0 Å². The summed E-state index contributed by atoms with van der Waals surface area (Å²) in [5.74, 6) is 0. The van der Waals surface area contributed by atoms with Gasteiger partial charge in [-0.3, -0.25) is 0 Å². The molecule has 29 heavy (non-hydrogen) atoms. The maximum Gasteiger partial charge on any atom is 0.143 e. The molecule has 4 aromatic carbocycles. The van der Waals surface area contributed by atoms with E-state index in [0.29, 0.717) is 0 Å². The number of fused-ring (bicyclic) bond motifs is 7. The van der Waals surface area contributed by atoms with Crippen molar-refractivity contribution in [2.75, 3.05) is 0 Å². The number of benzene rings is 4. The second kappa shape index (κ2) is 7.91. The van der Waals surface area contributed by atoms with Crippen molar-refractivity contribution < 1.29 is 4.42 Å². The van der Waals surface area contributed by atoms with Gasteiger partial charge in [-0.05, 0) is 52.8 Å². The first kappa shape index (κ1) is 18.2. The van der Waals surface area contributed by atoms with Crippen molar-refractivity contribution in [3.8, 4) is 0 Å². The van der Waals surface area contributed by atoms with Gasteiger partial charge in [0.1, 0.15) is 11.2 Å². The van der Waals surface area contributed by atoms with E-state index >= 15 is 0 Å². The molecule has 0 aliphatic rings. The molecule has 0 bridgehead atoms. The third-order valence-corrected chi connectivity index (χ3v) is 6.24. The molecule has 0 N–H and O–H groups in total. The van der Waals surface area contributed by atoms with Crippen LogP contribution in [0, 0.1) is 0 Å². The lowest BCUT2D eigenvalue weighted by atomic mass is 9.97. The Balaban J connectivity index is 1.47. The highest BCUT2D eigenvalue weighted by Crippen LogP contribution is 2.36. The van der Waals surface area contributed by atoms with E-state index in [1.54, 1.807) is 0 Å². The standard InChI is InChI=1S/C28H28O/c1-2-3-4-5-6-7-10-20-13-15-22-21(19-20)14-16-25-23(22)17-18-26-24-11-8-9-12-27(24)29-28(25)26/h8-9,11-19H,2-7,10H2,1H3. The molecule has 0 saturated carbocycles. The highest BCUT2D eigenvalue weighted by Gasteiger charge is 2.11. The van der Waals surface area contributed by atoms with Gasteiger partial charge in [-0.15, -0.1) is 0 Å². The van der Waals surface area contributed by atoms with E-state index in [0.717, 1.165) is 11.2 Å². The third kappa shape index (κ3) is 3.40. The van der Waals surface area contributed by atoms with E-state index in [1.165, 1.54) is 82.8 Å². The molecule has 0 aliphatic heterocycles. The van der Waals surface area contributed by atoms with Crippen molar-refractivity contribution in [3.63, 3.8) is 0 Å². The lowest BCUT2D eigenvalue weighted by Crippen LogP contribution is -1.87. The summed E-state index contributed by atoms with van der Waals surface area (Å²) in [7, 11) is 0. The molecule has 0 spiro atoms. The Morgan fingerprint density at radius 3 is 2.28 bits per heavy atom. The minimum atomic E-state index is 0.962. The number of rotatable bonds is 7. The normalized spacial score (nSPS) is 11.9. The topological polar surface area (TPSA) is 13.1 Å². The van der Waals surface area contributed by atoms with Gasteiger partial charge < -0.3 is 4.42 Å². The summed E-state index contributed by atoms with van der Waals surface area (Å²) in [6.07, 6.45) is 9.28. The Morgan fingerprint density at radius 2 is 1.34 bits per heavy atom. The first-order valence-corrected chi connectivity index (χ1v) is 11.1. The molecular formula is C28H28O. The molecule has 1 heterocycles. The van der Waals surface area contributed by atoms with Gasteiger partial charge in [0.05, 0.1) is 0 Å². The lowest BCUT2D eigenvalue weighted by Gasteiger charge is -2.08. The van der Waals surface area contributed by atoms with E-state index in [4.69, 9.17) is 4.42 Å². The maximum atomic E-state index is 6.23. The summed E-state index contributed by atoms with van der Waals surface area (Å²) >= 11 is 0. The molecule has 1 nitrogen and oxygen atoms in total. The second-order valence-electron chi connectivity index (χ2n) is 8.27. The van der Waals surface area contributed by atoms with E-state index in [9.17, 15) is 0 Å². The van der Waals surface area contributed by atoms with Gasteiger partial charge >= 0.3 is 0 Å². The van der Waals surface area contributed by atoms with Crippen LogP contribution in [0.2, 0.25) is 0 Å². The molecule has 146 valence electrons. The maximum absolute atomic E-state index is 6.23. The van der Waals surface area contributed by atoms with Gasteiger partial charge in [0.25, 0.3) is 0 Å². The van der Waals surface area contributed by atoms with E-state index < -0.39 is 0 Å². The highest BCUT2D eigenvalue weighted by atomic mass is 16.3. The average molecular weight is 381 g/mol. The quantitative estimate of drug-likeness (QED) is 0.203. The van der Waals surface area contributed by atoms with Crippen LogP contribution in [0.4, 0.5) is 0 Å². The summed E-state index contributed by atoms with van der Waals surface area (Å²) in [5, 5.41) is 7.52. The molecular weight excluding hydrogens is 352 g/mol. The van der Waals surface area contributed by atoms with Crippen LogP contribution in [-0.2, 0) is 6.42 Å². The Kier molecular flexibility index (Phi) is 4.97. The fourth-order valence-corrected chi connectivity index (χ4v) is 4.64. The van der Waals surface area contributed by atoms with Crippen LogP contribution < -0.4 is 0 Å². The van der Waals surface area contributed by atoms with Gasteiger partial charge in [-0.25, -0.2) is 0 Å². The summed E-state index contributed by atoms with van der Waals surface area (Å²) in [4.78, 5) is 0. The fourth-order valence-electron chi connectivity index (χ4n) is 4.64. The number of furan rings is 1. The first-order chi connectivity index (χ1) is 14.3. The van der Waals surface area contributed by atoms with Gasteiger partial charge in [0.2, 0.25) is 0 Å². The van der Waals surface area contributed by atoms with Crippen molar-refractivity contribution in [2.45, 2.75) is 51.9 Å². The van der Waals surface area contributed by atoms with Crippen LogP contribution in [0.15, 0.2) is 71.1 Å². The molecule has 0 amide bonds. The largest absolute Gasteiger partial charge is 0.455 e. The van der Waals surface area contributed by atoms with Gasteiger partial charge in [-0.1, -0.05) is 87.6 Å². The molecule has 0 atom stereocenters. The summed E-state index contributed by atoms with van der Waals surface area (Å²) in [5.41, 5.74) is 3.42. The van der Waals surface area contributed by atoms with E-state index in [1.807, 2.05) is 6.07 Å². The first-order valence-electron chi connectivity index (χ1n) is 11.1. The number of para-hydroxylation sites is 1. The molecule has 0 unspecified atom stereocenters. The molecule has 0 aliphatic carbocycles. The molecule has 0 saturated heterocycles. The van der Waals surface area contributed by atoms with Crippen molar-refractivity contribution >= 4 is 43.5 Å². The fraction of sp³-hybridized carbons (Fsp3) is 0.286. The zero-order valence-corrected chi connectivity index (χ0v) is 17.2. The predicted octanol–water partition coefficient (Wildman–Crippen LogP) is 8.80. The molecule has 1 aromatic heterocycles. The highest BCUT2D eigenvalue weighted by molar-refractivity contribution is 6.20. The van der Waals surface area contributed by atoms with E-state index in [-0.39, 0.29) is 0 Å². The minimum Gasteiger partial charge on any atom is -0.455 e. The van der Waals surface area contributed by atoms with Crippen LogP contribution in [0.5, 0.6) is 0 Å². The Hall–Kier alpha value is -2.80. The minimum absolute atomic E-state index is 0.962. The number of hydrogen-bond acceptors (Lipinski definition) is 1. The number of hydrogen-bond donors (Lipinski definition) is 0. The van der Waals surface area contributed by atoms with Crippen LogP contribution in [0.3, 0.4) is 0 Å². The average Bonchev–Trinajstić information content (AvgIpc) is 3.15. The zero-order valence-electron chi connectivity index (χ0n) is 17.2. The molecule has 5 aromatic rings. The Morgan fingerprint density at radius 1 is 0.621 bits per heavy atom. The SMILES string of the molecule is CCCCCCCCc1ccc2c(ccc3c2ccc2c4ccccc4oc23)c1. The van der Waals surface area contributed by atoms with Gasteiger partial charge in [-0.2, -0.15) is 0 Å². The number of aryl methyl sites for hydroxylation is 1. The Labute approximate surface area is 172 Å². The predicted molar refractivity (Wildman–Crippen MR) is 126 cm³/mol. The van der Waals surface area contributed by atoms with Crippen LogP contribution in [0.1, 0.15) is 51.0 Å². The third-order valence-electron chi connectivity index (χ3n) is 6.24. The van der Waals surface area contributed by atoms with Crippen molar-refractivity contribution in [3.05, 3.63) is 72.3 Å². The molecule has 0 radical (unpaired) electrons. The van der Waals surface area contributed by atoms with Crippen molar-refractivity contribution in [1.82, 2.24) is 0 Å². The molecule has 1 heteroatoms. The van der Waals surface area contributed by atoms with Crippen molar-refractivity contribution in [1.29, 1.82) is 0 Å². The monoisotopic (exact) mass is 380 g/mol. The Bertz CT molecular complexity index is 1290. The van der Waals surface area contributed by atoms with Gasteiger partial charge in [0, 0.05) is 16.2 Å². The summed E-state index contributed by atoms with van der Waals surface area (Å²) in [6.45, 7) is 2.28.